The van der Waals surface area contributed by atoms with E-state index in [-0.39, 0.29) is 6.61 Å². The minimum atomic E-state index is 0.162. The van der Waals surface area contributed by atoms with Crippen molar-refractivity contribution in [1.29, 1.82) is 0 Å². The molecule has 0 aromatic carbocycles. The Balaban J connectivity index is 0.000000485. The zero-order valence-electron chi connectivity index (χ0n) is 19.1. The van der Waals surface area contributed by atoms with E-state index in [0.29, 0.717) is 0 Å². The van der Waals surface area contributed by atoms with Crippen LogP contribution < -0.4 is 0 Å². The monoisotopic (exact) mass is 426 g/mol. The smallest absolute Gasteiger partial charge is 0.0614 e. The first-order valence-corrected chi connectivity index (χ1v) is 13.6. The van der Waals surface area contributed by atoms with Crippen molar-refractivity contribution < 1.29 is 5.11 Å². The SMILES string of the molecule is C1CCSCC1.C1CCSCC1.CC(C)=CCCC(C)=CCCC(C)=CCO. The van der Waals surface area contributed by atoms with Crippen LogP contribution in [0.3, 0.4) is 0 Å². The van der Waals surface area contributed by atoms with Crippen molar-refractivity contribution >= 4 is 23.5 Å². The lowest BCUT2D eigenvalue weighted by molar-refractivity contribution is 0.341. The molecule has 2 aliphatic heterocycles. The number of thioether (sulfide) groups is 2. The van der Waals surface area contributed by atoms with Crippen LogP contribution in [-0.4, -0.2) is 34.7 Å². The van der Waals surface area contributed by atoms with Crippen LogP contribution in [-0.2, 0) is 0 Å². The minimum absolute atomic E-state index is 0.162. The highest BCUT2D eigenvalue weighted by atomic mass is 32.2. The van der Waals surface area contributed by atoms with Crippen LogP contribution in [0.4, 0.5) is 0 Å². The average molecular weight is 427 g/mol. The van der Waals surface area contributed by atoms with Crippen LogP contribution in [0.5, 0.6) is 0 Å². The van der Waals surface area contributed by atoms with Gasteiger partial charge in [-0.25, -0.2) is 0 Å². The number of allylic oxidation sites excluding steroid dienone is 5. The summed E-state index contributed by atoms with van der Waals surface area (Å²) in [6, 6.07) is 0. The van der Waals surface area contributed by atoms with E-state index in [4.69, 9.17) is 5.11 Å². The van der Waals surface area contributed by atoms with Crippen LogP contribution in [0, 0.1) is 0 Å². The van der Waals surface area contributed by atoms with E-state index in [9.17, 15) is 0 Å². The van der Waals surface area contributed by atoms with E-state index in [1.807, 2.05) is 6.08 Å². The fraction of sp³-hybridized carbons (Fsp3) is 0.760. The second kappa shape index (κ2) is 21.6. The maximum atomic E-state index is 8.72. The molecule has 1 N–H and O–H groups in total. The molecule has 0 spiro atoms. The summed E-state index contributed by atoms with van der Waals surface area (Å²) in [5.41, 5.74) is 4.14. The number of hydrogen-bond donors (Lipinski definition) is 1. The van der Waals surface area contributed by atoms with Crippen LogP contribution in [0.1, 0.15) is 91.9 Å². The lowest BCUT2D eigenvalue weighted by Crippen LogP contribution is -1.91. The Morgan fingerprint density at radius 2 is 1.07 bits per heavy atom. The van der Waals surface area contributed by atoms with Crippen molar-refractivity contribution in [3.63, 3.8) is 0 Å². The van der Waals surface area contributed by atoms with Crippen molar-refractivity contribution in [3.8, 4) is 0 Å². The molecule has 0 radical (unpaired) electrons. The van der Waals surface area contributed by atoms with Gasteiger partial charge in [-0.3, -0.25) is 0 Å². The quantitative estimate of drug-likeness (QED) is 0.414. The highest BCUT2D eigenvalue weighted by Crippen LogP contribution is 2.15. The summed E-state index contributed by atoms with van der Waals surface area (Å²) in [5.74, 6) is 5.67. The van der Waals surface area contributed by atoms with Gasteiger partial charge in [0.25, 0.3) is 0 Å². The highest BCUT2D eigenvalue weighted by molar-refractivity contribution is 7.99. The van der Waals surface area contributed by atoms with Crippen LogP contribution in [0.25, 0.3) is 0 Å². The van der Waals surface area contributed by atoms with E-state index in [2.05, 4.69) is 63.4 Å². The molecule has 0 aliphatic carbocycles. The van der Waals surface area contributed by atoms with E-state index in [1.165, 1.54) is 78.3 Å². The third-order valence-electron chi connectivity index (χ3n) is 4.72. The van der Waals surface area contributed by atoms with E-state index < -0.39 is 0 Å². The highest BCUT2D eigenvalue weighted by Gasteiger charge is 1.96. The molecule has 28 heavy (non-hydrogen) atoms. The maximum absolute atomic E-state index is 8.72. The molecule has 0 atom stereocenters. The number of aliphatic hydroxyl groups is 1. The molecule has 1 nitrogen and oxygen atoms in total. The first-order valence-electron chi connectivity index (χ1n) is 11.3. The lowest BCUT2D eigenvalue weighted by Gasteiger charge is -2.05. The average Bonchev–Trinajstić information content (AvgIpc) is 2.71. The zero-order chi connectivity index (χ0) is 20.9. The van der Waals surface area contributed by atoms with Crippen LogP contribution in [0.15, 0.2) is 34.9 Å². The Labute approximate surface area is 184 Å². The molecule has 0 saturated carbocycles. The third kappa shape index (κ3) is 22.2. The normalized spacial score (nSPS) is 17.6. The van der Waals surface area contributed by atoms with Crippen molar-refractivity contribution in [1.82, 2.24) is 0 Å². The summed E-state index contributed by atoms with van der Waals surface area (Å²) in [5, 5.41) is 8.72. The van der Waals surface area contributed by atoms with Gasteiger partial charge in [-0.15, -0.1) is 0 Å². The van der Waals surface area contributed by atoms with Gasteiger partial charge < -0.3 is 5.11 Å². The molecule has 0 bridgehead atoms. The van der Waals surface area contributed by atoms with Crippen LogP contribution in [0.2, 0.25) is 0 Å². The second-order valence-electron chi connectivity index (χ2n) is 7.99. The zero-order valence-corrected chi connectivity index (χ0v) is 20.7. The summed E-state index contributed by atoms with van der Waals surface area (Å²) >= 11 is 4.19. The van der Waals surface area contributed by atoms with E-state index >= 15 is 0 Å². The predicted octanol–water partition coefficient (Wildman–Crippen LogP) is 8.20. The molecular formula is C25H46OS2. The molecule has 2 saturated heterocycles. The van der Waals surface area contributed by atoms with Crippen molar-refractivity contribution in [3.05, 3.63) is 34.9 Å². The minimum Gasteiger partial charge on any atom is -0.392 e. The second-order valence-corrected chi connectivity index (χ2v) is 10.4. The molecule has 0 aromatic rings. The van der Waals surface area contributed by atoms with Gasteiger partial charge in [0.05, 0.1) is 6.61 Å². The standard InChI is InChI=1S/C15H26O.2C5H10S/c1-13(2)7-5-8-14(3)9-6-10-15(4)11-12-16;2*1-2-4-6-5-3-1/h7,9,11,16H,5-6,8,10,12H2,1-4H3;2*1-5H2. The van der Waals surface area contributed by atoms with Gasteiger partial charge in [0, 0.05) is 0 Å². The molecular weight excluding hydrogens is 380 g/mol. The Bertz CT molecular complexity index is 391. The molecule has 0 aromatic heterocycles. The van der Waals surface area contributed by atoms with Gasteiger partial charge in [-0.1, -0.05) is 47.8 Å². The summed E-state index contributed by atoms with van der Waals surface area (Å²) in [6.07, 6.45) is 19.7. The van der Waals surface area contributed by atoms with Crippen molar-refractivity contribution in [2.45, 2.75) is 91.9 Å². The maximum Gasteiger partial charge on any atom is 0.0614 e. The first kappa shape index (κ1) is 27.9. The molecule has 164 valence electrons. The fourth-order valence-electron chi connectivity index (χ4n) is 2.87. The summed E-state index contributed by atoms with van der Waals surface area (Å²) in [4.78, 5) is 0. The van der Waals surface area contributed by atoms with Gasteiger partial charge in [-0.05, 0) is 102 Å². The van der Waals surface area contributed by atoms with Crippen molar-refractivity contribution in [2.75, 3.05) is 29.6 Å². The van der Waals surface area contributed by atoms with Crippen molar-refractivity contribution in [2.24, 2.45) is 0 Å². The third-order valence-corrected chi connectivity index (χ3v) is 7.03. The van der Waals surface area contributed by atoms with E-state index in [1.54, 1.807) is 0 Å². The predicted molar refractivity (Wildman–Crippen MR) is 135 cm³/mol. The molecule has 2 aliphatic rings. The van der Waals surface area contributed by atoms with Gasteiger partial charge in [0.1, 0.15) is 0 Å². The summed E-state index contributed by atoms with van der Waals surface area (Å²) in [7, 11) is 0. The molecule has 0 unspecified atom stereocenters. The summed E-state index contributed by atoms with van der Waals surface area (Å²) < 4.78 is 0. The molecule has 2 rings (SSSR count). The number of aliphatic hydroxyl groups excluding tert-OH is 1. The fourth-order valence-corrected chi connectivity index (χ4v) is 4.91. The molecule has 0 amide bonds. The Hall–Kier alpha value is -0.120. The topological polar surface area (TPSA) is 20.2 Å². The Kier molecular flexibility index (Phi) is 21.5. The first-order chi connectivity index (χ1) is 13.6. The van der Waals surface area contributed by atoms with Gasteiger partial charge in [-0.2, -0.15) is 23.5 Å². The lowest BCUT2D eigenvalue weighted by atomic mass is 10.1. The van der Waals surface area contributed by atoms with Crippen LogP contribution >= 0.6 is 23.5 Å². The summed E-state index contributed by atoms with van der Waals surface area (Å²) in [6.45, 7) is 8.71. The molecule has 2 heterocycles. The Morgan fingerprint density at radius 3 is 1.39 bits per heavy atom. The Morgan fingerprint density at radius 1 is 0.643 bits per heavy atom. The molecule has 2 fully saturated rings. The van der Waals surface area contributed by atoms with Gasteiger partial charge in [0.15, 0.2) is 0 Å². The van der Waals surface area contributed by atoms with E-state index in [0.717, 1.165) is 25.7 Å². The molecule has 3 heteroatoms. The largest absolute Gasteiger partial charge is 0.392 e. The van der Waals surface area contributed by atoms with Gasteiger partial charge in [0.2, 0.25) is 0 Å². The van der Waals surface area contributed by atoms with Gasteiger partial charge >= 0.3 is 0 Å². The number of hydrogen-bond acceptors (Lipinski definition) is 3. The number of rotatable bonds is 7.